The first-order valence-corrected chi connectivity index (χ1v) is 6.98. The van der Waals surface area contributed by atoms with Gasteiger partial charge in [-0.05, 0) is 25.8 Å². The zero-order valence-electron chi connectivity index (χ0n) is 12.3. The molecule has 1 heterocycles. The van der Waals surface area contributed by atoms with Crippen LogP contribution in [0.5, 0.6) is 0 Å². The van der Waals surface area contributed by atoms with Crippen LogP contribution in [0, 0.1) is 6.92 Å². The summed E-state index contributed by atoms with van der Waals surface area (Å²) in [6.45, 7) is 6.70. The number of nitrogens with one attached hydrogen (secondary N) is 1. The van der Waals surface area contributed by atoms with E-state index in [9.17, 15) is 4.79 Å². The van der Waals surface area contributed by atoms with Gasteiger partial charge in [0.1, 0.15) is 5.82 Å². The molecule has 2 aromatic rings. The van der Waals surface area contributed by atoms with Crippen LogP contribution in [-0.2, 0) is 6.54 Å². The van der Waals surface area contributed by atoms with Crippen molar-refractivity contribution in [3.8, 4) is 0 Å². The fraction of sp³-hybridized carbons (Fsp3) is 0.375. The molecular weight excluding hydrogens is 250 g/mol. The van der Waals surface area contributed by atoms with Gasteiger partial charge in [0, 0.05) is 17.8 Å². The first-order chi connectivity index (χ1) is 9.60. The standard InChI is InChI=1S/C16H21N3O/c1-4-13(3)17-15-12(2)10-19(16(20)18-15)11-14-8-6-5-7-9-14/h5-10,13H,4,11H2,1-3H3,(H,17,18,20). The summed E-state index contributed by atoms with van der Waals surface area (Å²) in [5.41, 5.74) is 1.87. The van der Waals surface area contributed by atoms with Crippen LogP contribution >= 0.6 is 0 Å². The summed E-state index contributed by atoms with van der Waals surface area (Å²) >= 11 is 0. The van der Waals surface area contributed by atoms with Crippen molar-refractivity contribution in [1.29, 1.82) is 0 Å². The SMILES string of the molecule is CCC(C)Nc1nc(=O)n(Cc2ccccc2)cc1C. The third kappa shape index (κ3) is 3.47. The second-order valence-electron chi connectivity index (χ2n) is 5.12. The number of anilines is 1. The predicted octanol–water partition coefficient (Wildman–Crippen LogP) is 2.81. The van der Waals surface area contributed by atoms with Crippen LogP contribution in [0.2, 0.25) is 0 Å². The Hall–Kier alpha value is -2.10. The molecule has 0 spiro atoms. The fourth-order valence-corrected chi connectivity index (χ4v) is 1.97. The van der Waals surface area contributed by atoms with E-state index in [0.29, 0.717) is 18.4 Å². The number of benzene rings is 1. The van der Waals surface area contributed by atoms with Crippen molar-refractivity contribution in [3.05, 3.63) is 58.1 Å². The van der Waals surface area contributed by atoms with Crippen LogP contribution in [-0.4, -0.2) is 15.6 Å². The molecule has 0 radical (unpaired) electrons. The molecule has 0 fully saturated rings. The molecule has 4 nitrogen and oxygen atoms in total. The molecule has 0 amide bonds. The highest BCUT2D eigenvalue weighted by Gasteiger charge is 2.07. The predicted molar refractivity (Wildman–Crippen MR) is 82.2 cm³/mol. The lowest BCUT2D eigenvalue weighted by atomic mass is 10.2. The Morgan fingerprint density at radius 3 is 2.65 bits per heavy atom. The van der Waals surface area contributed by atoms with E-state index in [1.165, 1.54) is 0 Å². The van der Waals surface area contributed by atoms with Gasteiger partial charge in [-0.2, -0.15) is 4.98 Å². The van der Waals surface area contributed by atoms with Gasteiger partial charge in [0.15, 0.2) is 0 Å². The topological polar surface area (TPSA) is 46.9 Å². The van der Waals surface area contributed by atoms with Crippen molar-refractivity contribution in [2.24, 2.45) is 0 Å². The summed E-state index contributed by atoms with van der Waals surface area (Å²) in [5.74, 6) is 0.689. The Morgan fingerprint density at radius 2 is 2.00 bits per heavy atom. The molecule has 0 aliphatic heterocycles. The molecule has 0 saturated heterocycles. The van der Waals surface area contributed by atoms with Gasteiger partial charge in [0.25, 0.3) is 0 Å². The summed E-state index contributed by atoms with van der Waals surface area (Å²) in [7, 11) is 0. The number of hydrogen-bond donors (Lipinski definition) is 1. The summed E-state index contributed by atoms with van der Waals surface area (Å²) < 4.78 is 1.65. The minimum absolute atomic E-state index is 0.217. The monoisotopic (exact) mass is 271 g/mol. The Labute approximate surface area is 119 Å². The van der Waals surface area contributed by atoms with E-state index in [0.717, 1.165) is 17.5 Å². The van der Waals surface area contributed by atoms with Gasteiger partial charge < -0.3 is 5.32 Å². The van der Waals surface area contributed by atoms with Crippen molar-refractivity contribution >= 4 is 5.82 Å². The zero-order valence-corrected chi connectivity index (χ0v) is 12.3. The molecule has 0 saturated carbocycles. The number of rotatable bonds is 5. The van der Waals surface area contributed by atoms with Crippen molar-refractivity contribution in [1.82, 2.24) is 9.55 Å². The quantitative estimate of drug-likeness (QED) is 0.909. The summed E-state index contributed by atoms with van der Waals surface area (Å²) in [6, 6.07) is 10.2. The van der Waals surface area contributed by atoms with E-state index in [-0.39, 0.29) is 5.69 Å². The molecule has 2 rings (SSSR count). The normalized spacial score (nSPS) is 12.2. The first kappa shape index (κ1) is 14.3. The van der Waals surface area contributed by atoms with Crippen LogP contribution in [0.4, 0.5) is 5.82 Å². The molecule has 1 aromatic heterocycles. The molecule has 4 heteroatoms. The number of aryl methyl sites for hydroxylation is 1. The largest absolute Gasteiger partial charge is 0.367 e. The third-order valence-corrected chi connectivity index (χ3v) is 3.37. The number of hydrogen-bond acceptors (Lipinski definition) is 3. The van der Waals surface area contributed by atoms with E-state index < -0.39 is 0 Å². The molecule has 0 bridgehead atoms. The Balaban J connectivity index is 2.24. The molecule has 1 unspecified atom stereocenters. The molecule has 0 aliphatic carbocycles. The van der Waals surface area contributed by atoms with Crippen molar-refractivity contribution in [3.63, 3.8) is 0 Å². The maximum atomic E-state index is 12.1. The smallest absolute Gasteiger partial charge is 0.349 e. The first-order valence-electron chi connectivity index (χ1n) is 6.98. The van der Waals surface area contributed by atoms with E-state index >= 15 is 0 Å². The summed E-state index contributed by atoms with van der Waals surface area (Å²) in [4.78, 5) is 16.2. The van der Waals surface area contributed by atoms with Crippen LogP contribution in [0.1, 0.15) is 31.4 Å². The van der Waals surface area contributed by atoms with Gasteiger partial charge in [-0.25, -0.2) is 4.79 Å². The lowest BCUT2D eigenvalue weighted by Gasteiger charge is -2.15. The summed E-state index contributed by atoms with van der Waals surface area (Å²) in [5, 5.41) is 3.27. The molecule has 1 aromatic carbocycles. The van der Waals surface area contributed by atoms with Gasteiger partial charge in [-0.1, -0.05) is 37.3 Å². The Bertz CT molecular complexity index is 619. The molecule has 106 valence electrons. The average Bonchev–Trinajstić information content (AvgIpc) is 2.45. The second kappa shape index (κ2) is 6.37. The van der Waals surface area contributed by atoms with E-state index in [1.54, 1.807) is 4.57 Å². The van der Waals surface area contributed by atoms with Gasteiger partial charge in [-0.3, -0.25) is 4.57 Å². The minimum atomic E-state index is -0.217. The Morgan fingerprint density at radius 1 is 1.30 bits per heavy atom. The molecule has 20 heavy (non-hydrogen) atoms. The third-order valence-electron chi connectivity index (χ3n) is 3.37. The summed E-state index contributed by atoms with van der Waals surface area (Å²) in [6.07, 6.45) is 2.86. The Kier molecular flexibility index (Phi) is 4.56. The molecule has 1 atom stereocenters. The number of aromatic nitrogens is 2. The van der Waals surface area contributed by atoms with Crippen molar-refractivity contribution < 1.29 is 0 Å². The zero-order chi connectivity index (χ0) is 14.5. The van der Waals surface area contributed by atoms with E-state index in [1.807, 2.05) is 43.5 Å². The van der Waals surface area contributed by atoms with Crippen LogP contribution in [0.15, 0.2) is 41.3 Å². The highest BCUT2D eigenvalue weighted by molar-refractivity contribution is 5.42. The van der Waals surface area contributed by atoms with Crippen LogP contribution in [0.25, 0.3) is 0 Å². The van der Waals surface area contributed by atoms with E-state index in [4.69, 9.17) is 0 Å². The number of nitrogens with zero attached hydrogens (tertiary/aromatic N) is 2. The van der Waals surface area contributed by atoms with Gasteiger partial charge in [-0.15, -0.1) is 0 Å². The van der Waals surface area contributed by atoms with Crippen molar-refractivity contribution in [2.45, 2.75) is 39.8 Å². The highest BCUT2D eigenvalue weighted by atomic mass is 16.1. The van der Waals surface area contributed by atoms with Crippen LogP contribution in [0.3, 0.4) is 0 Å². The van der Waals surface area contributed by atoms with Gasteiger partial charge in [0.2, 0.25) is 0 Å². The maximum Gasteiger partial charge on any atom is 0.349 e. The average molecular weight is 271 g/mol. The van der Waals surface area contributed by atoms with Crippen molar-refractivity contribution in [2.75, 3.05) is 5.32 Å². The highest BCUT2D eigenvalue weighted by Crippen LogP contribution is 2.11. The van der Waals surface area contributed by atoms with E-state index in [2.05, 4.69) is 24.1 Å². The van der Waals surface area contributed by atoms with Gasteiger partial charge in [0.05, 0.1) is 6.54 Å². The lowest BCUT2D eigenvalue weighted by molar-refractivity contribution is 0.709. The second-order valence-corrected chi connectivity index (χ2v) is 5.12. The van der Waals surface area contributed by atoms with Crippen LogP contribution < -0.4 is 11.0 Å². The lowest BCUT2D eigenvalue weighted by Crippen LogP contribution is -2.26. The molecular formula is C16H21N3O. The van der Waals surface area contributed by atoms with Gasteiger partial charge >= 0.3 is 5.69 Å². The molecule has 1 N–H and O–H groups in total. The fourth-order valence-electron chi connectivity index (χ4n) is 1.97. The maximum absolute atomic E-state index is 12.1. The minimum Gasteiger partial charge on any atom is -0.367 e. The molecule has 0 aliphatic rings.